The van der Waals surface area contributed by atoms with Crippen molar-refractivity contribution < 1.29 is 23.1 Å². The van der Waals surface area contributed by atoms with Crippen LogP contribution >= 0.6 is 0 Å². The first-order valence-corrected chi connectivity index (χ1v) is 8.62. The number of aliphatic carboxylic acids is 1. The molecule has 0 atom stereocenters. The molecule has 9 heteroatoms. The SMILES string of the molecule is CN(CCC(=O)O)C(=O)Nc1ccc(S(=O)(=O)NC2CC2)cc1. The maximum Gasteiger partial charge on any atom is 0.321 e. The molecule has 0 radical (unpaired) electrons. The second-order valence-electron chi connectivity index (χ2n) is 5.42. The summed E-state index contributed by atoms with van der Waals surface area (Å²) >= 11 is 0. The molecule has 0 spiro atoms. The molecule has 0 saturated heterocycles. The van der Waals surface area contributed by atoms with E-state index < -0.39 is 22.0 Å². The molecule has 0 aliphatic heterocycles. The fourth-order valence-electron chi connectivity index (χ4n) is 1.79. The molecule has 1 aromatic carbocycles. The van der Waals surface area contributed by atoms with Gasteiger partial charge in [0.25, 0.3) is 0 Å². The van der Waals surface area contributed by atoms with Crippen LogP contribution in [-0.2, 0) is 14.8 Å². The number of carboxylic acids is 1. The fraction of sp³-hybridized carbons (Fsp3) is 0.429. The summed E-state index contributed by atoms with van der Waals surface area (Å²) in [7, 11) is -2.03. The zero-order chi connectivity index (χ0) is 17.0. The number of hydrogen-bond donors (Lipinski definition) is 3. The van der Waals surface area contributed by atoms with Crippen LogP contribution < -0.4 is 10.0 Å². The standard InChI is InChI=1S/C14H19N3O5S/c1-17(9-8-13(18)19)14(20)15-10-4-6-12(7-5-10)23(21,22)16-11-2-3-11/h4-7,11,16H,2-3,8-9H2,1H3,(H,15,20)(H,18,19). The first kappa shape index (κ1) is 17.2. The minimum Gasteiger partial charge on any atom is -0.481 e. The number of hydrogen-bond acceptors (Lipinski definition) is 4. The molecule has 2 rings (SSSR count). The molecule has 0 unspecified atom stereocenters. The summed E-state index contributed by atoms with van der Waals surface area (Å²) in [5, 5.41) is 11.2. The number of urea groups is 1. The molecule has 0 bridgehead atoms. The monoisotopic (exact) mass is 341 g/mol. The summed E-state index contributed by atoms with van der Waals surface area (Å²) in [4.78, 5) is 23.7. The average Bonchev–Trinajstić information content (AvgIpc) is 3.28. The minimum absolute atomic E-state index is 0.0299. The molecule has 1 fully saturated rings. The van der Waals surface area contributed by atoms with Crippen molar-refractivity contribution in [2.75, 3.05) is 18.9 Å². The van der Waals surface area contributed by atoms with E-state index in [9.17, 15) is 18.0 Å². The number of amides is 2. The van der Waals surface area contributed by atoms with Gasteiger partial charge >= 0.3 is 12.0 Å². The van der Waals surface area contributed by atoms with E-state index in [1.807, 2.05) is 0 Å². The van der Waals surface area contributed by atoms with Gasteiger partial charge in [-0.1, -0.05) is 0 Å². The highest BCUT2D eigenvalue weighted by atomic mass is 32.2. The van der Waals surface area contributed by atoms with Crippen molar-refractivity contribution >= 4 is 27.7 Å². The number of anilines is 1. The molecule has 8 nitrogen and oxygen atoms in total. The van der Waals surface area contributed by atoms with Crippen molar-refractivity contribution in [1.82, 2.24) is 9.62 Å². The van der Waals surface area contributed by atoms with Crippen molar-refractivity contribution in [2.45, 2.75) is 30.2 Å². The average molecular weight is 341 g/mol. The Balaban J connectivity index is 1.94. The van der Waals surface area contributed by atoms with E-state index in [1.165, 1.54) is 36.2 Å². The minimum atomic E-state index is -3.52. The van der Waals surface area contributed by atoms with Crippen LogP contribution in [0.5, 0.6) is 0 Å². The van der Waals surface area contributed by atoms with Crippen molar-refractivity contribution in [3.63, 3.8) is 0 Å². The van der Waals surface area contributed by atoms with Gasteiger partial charge in [0.15, 0.2) is 0 Å². The van der Waals surface area contributed by atoms with E-state index in [4.69, 9.17) is 5.11 Å². The van der Waals surface area contributed by atoms with Gasteiger partial charge in [0, 0.05) is 25.3 Å². The Morgan fingerprint density at radius 2 is 1.87 bits per heavy atom. The van der Waals surface area contributed by atoms with Crippen LogP contribution in [0.1, 0.15) is 19.3 Å². The van der Waals surface area contributed by atoms with Crippen molar-refractivity contribution in [1.29, 1.82) is 0 Å². The molecule has 1 aromatic rings. The maximum atomic E-state index is 12.0. The molecule has 23 heavy (non-hydrogen) atoms. The van der Waals surface area contributed by atoms with Gasteiger partial charge in [0.2, 0.25) is 10.0 Å². The smallest absolute Gasteiger partial charge is 0.321 e. The zero-order valence-electron chi connectivity index (χ0n) is 12.7. The van der Waals surface area contributed by atoms with Gasteiger partial charge < -0.3 is 15.3 Å². The Kier molecular flexibility index (Phi) is 5.22. The topological polar surface area (TPSA) is 116 Å². The predicted molar refractivity (Wildman–Crippen MR) is 83.7 cm³/mol. The van der Waals surface area contributed by atoms with Crippen molar-refractivity contribution in [3.8, 4) is 0 Å². The molecule has 2 amide bonds. The highest BCUT2D eigenvalue weighted by molar-refractivity contribution is 7.89. The Morgan fingerprint density at radius 1 is 1.26 bits per heavy atom. The second kappa shape index (κ2) is 6.97. The van der Waals surface area contributed by atoms with Gasteiger partial charge in [-0.2, -0.15) is 0 Å². The highest BCUT2D eigenvalue weighted by Crippen LogP contribution is 2.22. The Bertz CT molecular complexity index is 683. The second-order valence-corrected chi connectivity index (χ2v) is 7.13. The van der Waals surface area contributed by atoms with Crippen molar-refractivity contribution in [2.24, 2.45) is 0 Å². The molecule has 1 saturated carbocycles. The van der Waals surface area contributed by atoms with Crippen LogP contribution in [0.25, 0.3) is 0 Å². The molecule has 1 aliphatic carbocycles. The van der Waals surface area contributed by atoms with Crippen LogP contribution in [0.3, 0.4) is 0 Å². The third kappa shape index (κ3) is 5.22. The van der Waals surface area contributed by atoms with Gasteiger partial charge in [-0.05, 0) is 37.1 Å². The van der Waals surface area contributed by atoms with Gasteiger partial charge in [-0.25, -0.2) is 17.9 Å². The molecule has 126 valence electrons. The van der Waals surface area contributed by atoms with Crippen LogP contribution in [0, 0.1) is 0 Å². The third-order valence-electron chi connectivity index (χ3n) is 3.32. The van der Waals surface area contributed by atoms with E-state index in [2.05, 4.69) is 10.0 Å². The lowest BCUT2D eigenvalue weighted by molar-refractivity contribution is -0.137. The largest absolute Gasteiger partial charge is 0.481 e. The summed E-state index contributed by atoms with van der Waals surface area (Å²) in [5.74, 6) is -0.984. The van der Waals surface area contributed by atoms with E-state index in [-0.39, 0.29) is 23.9 Å². The van der Waals surface area contributed by atoms with Gasteiger partial charge in [-0.15, -0.1) is 0 Å². The third-order valence-corrected chi connectivity index (χ3v) is 4.86. The maximum absolute atomic E-state index is 12.0. The first-order chi connectivity index (χ1) is 10.8. The number of sulfonamides is 1. The Hall–Kier alpha value is -2.13. The van der Waals surface area contributed by atoms with E-state index in [0.29, 0.717) is 5.69 Å². The van der Waals surface area contributed by atoms with Gasteiger partial charge in [0.05, 0.1) is 11.3 Å². The van der Waals surface area contributed by atoms with Gasteiger partial charge in [-0.3, -0.25) is 4.79 Å². The van der Waals surface area contributed by atoms with E-state index in [1.54, 1.807) is 0 Å². The quantitative estimate of drug-likeness (QED) is 0.686. The van der Waals surface area contributed by atoms with E-state index in [0.717, 1.165) is 12.8 Å². The van der Waals surface area contributed by atoms with Crippen LogP contribution in [-0.4, -0.2) is 50.1 Å². The molecule has 0 heterocycles. The molecule has 0 aromatic heterocycles. The normalized spacial score (nSPS) is 14.3. The van der Waals surface area contributed by atoms with Crippen LogP contribution in [0.4, 0.5) is 10.5 Å². The number of carbonyl (C=O) groups excluding carboxylic acids is 1. The number of benzene rings is 1. The summed E-state index contributed by atoms with van der Waals surface area (Å²) in [6.45, 7) is 0.0823. The van der Waals surface area contributed by atoms with Crippen LogP contribution in [0.2, 0.25) is 0 Å². The number of carbonyl (C=O) groups is 2. The molecular formula is C14H19N3O5S. The van der Waals surface area contributed by atoms with Gasteiger partial charge in [0.1, 0.15) is 0 Å². The van der Waals surface area contributed by atoms with Crippen molar-refractivity contribution in [3.05, 3.63) is 24.3 Å². The lowest BCUT2D eigenvalue weighted by Crippen LogP contribution is -2.33. The number of nitrogens with one attached hydrogen (secondary N) is 2. The number of nitrogens with zero attached hydrogens (tertiary/aromatic N) is 1. The van der Waals surface area contributed by atoms with E-state index >= 15 is 0 Å². The number of rotatable bonds is 7. The summed E-state index contributed by atoms with van der Waals surface area (Å²) in [5.41, 5.74) is 0.433. The zero-order valence-corrected chi connectivity index (χ0v) is 13.5. The lowest BCUT2D eigenvalue weighted by Gasteiger charge is -2.17. The molecule has 1 aliphatic rings. The van der Waals surface area contributed by atoms with Crippen LogP contribution in [0.15, 0.2) is 29.2 Å². The summed E-state index contributed by atoms with van der Waals surface area (Å²) in [6.07, 6.45) is 1.57. The predicted octanol–water partition coefficient (Wildman–Crippen LogP) is 1.07. The highest BCUT2D eigenvalue weighted by Gasteiger charge is 2.27. The number of carboxylic acid groups (broad SMARTS) is 1. The molecule has 3 N–H and O–H groups in total. The molecular weight excluding hydrogens is 322 g/mol. The first-order valence-electron chi connectivity index (χ1n) is 7.14. The lowest BCUT2D eigenvalue weighted by atomic mass is 10.3. The Labute approximate surface area is 134 Å². The Morgan fingerprint density at radius 3 is 2.39 bits per heavy atom. The summed E-state index contributed by atoms with van der Waals surface area (Å²) in [6, 6.07) is 5.38. The summed E-state index contributed by atoms with van der Waals surface area (Å²) < 4.78 is 26.6. The fourth-order valence-corrected chi connectivity index (χ4v) is 3.09.